The van der Waals surface area contributed by atoms with Gasteiger partial charge in [-0.3, -0.25) is 0 Å². The van der Waals surface area contributed by atoms with Crippen LogP contribution in [0.4, 0.5) is 13.2 Å². The van der Waals surface area contributed by atoms with Crippen LogP contribution in [0.15, 0.2) is 42.6 Å². The molecule has 0 unspecified atom stereocenters. The molecule has 2 heterocycles. The van der Waals surface area contributed by atoms with E-state index < -0.39 is 18.0 Å². The number of halogens is 3. The average molecular weight is 336 g/mol. The Hall–Kier alpha value is -2.90. The van der Waals surface area contributed by atoms with E-state index in [0.717, 1.165) is 4.40 Å². The van der Waals surface area contributed by atoms with Gasteiger partial charge in [0.05, 0.1) is 31.0 Å². The number of alkyl halides is 3. The minimum Gasteiger partial charge on any atom is -0.465 e. The second-order valence-corrected chi connectivity index (χ2v) is 5.16. The molecule has 8 heteroatoms. The molecule has 0 radical (unpaired) electrons. The van der Waals surface area contributed by atoms with Crippen LogP contribution in [0.25, 0.3) is 16.8 Å². The number of rotatable bonds is 2. The van der Waals surface area contributed by atoms with Crippen molar-refractivity contribution >= 4 is 11.6 Å². The molecule has 0 atom stereocenters. The zero-order valence-electron chi connectivity index (χ0n) is 12.8. The Bertz CT molecular complexity index is 915. The third kappa shape index (κ3) is 2.70. The third-order valence-electron chi connectivity index (χ3n) is 3.62. The van der Waals surface area contributed by atoms with Gasteiger partial charge in [-0.25, -0.2) is 4.79 Å². The van der Waals surface area contributed by atoms with E-state index in [2.05, 4.69) is 9.84 Å². The van der Waals surface area contributed by atoms with E-state index in [0.29, 0.717) is 22.3 Å². The van der Waals surface area contributed by atoms with Crippen LogP contribution >= 0.6 is 0 Å². The first kappa shape index (κ1) is 16.0. The van der Waals surface area contributed by atoms with Gasteiger partial charge in [-0.1, -0.05) is 12.1 Å². The maximum absolute atomic E-state index is 13.1. The van der Waals surface area contributed by atoms with Gasteiger partial charge >= 0.3 is 18.0 Å². The standard InChI is InChI=1S/C16H13F3N3O2/c1-21-13-8-7-12(9-22(13)15(20-21)16(17,18)19)10-3-5-11(6-4-10)14(23)24-2/h3-9H,1-2H3/q+1. The summed E-state index contributed by atoms with van der Waals surface area (Å²) < 4.78 is 46.1. The molecule has 124 valence electrons. The second kappa shape index (κ2) is 5.63. The molecule has 0 aliphatic carbocycles. The minimum atomic E-state index is -4.56. The Morgan fingerprint density at radius 2 is 1.75 bits per heavy atom. The normalized spacial score (nSPS) is 11.7. The number of fused-ring (bicyclic) bond motifs is 1. The van der Waals surface area contributed by atoms with E-state index in [-0.39, 0.29) is 0 Å². The summed E-state index contributed by atoms with van der Waals surface area (Å²) in [7, 11) is 2.73. The molecular formula is C16H13F3N3O2+. The number of aryl methyl sites for hydroxylation is 1. The lowest BCUT2D eigenvalue weighted by molar-refractivity contribution is -0.543. The largest absolute Gasteiger partial charge is 0.486 e. The van der Waals surface area contributed by atoms with Gasteiger partial charge in [0, 0.05) is 11.6 Å². The number of esters is 1. The summed E-state index contributed by atoms with van der Waals surface area (Å²) in [6.45, 7) is 0. The number of hydrogen-bond acceptors (Lipinski definition) is 3. The number of carbonyl (C=O) groups excluding carboxylic acids is 1. The van der Waals surface area contributed by atoms with Crippen LogP contribution in [0, 0.1) is 0 Å². The highest BCUT2D eigenvalue weighted by atomic mass is 19.4. The molecule has 24 heavy (non-hydrogen) atoms. The number of methoxy groups -OCH3 is 1. The molecule has 0 spiro atoms. The Labute approximate surface area is 134 Å². The van der Waals surface area contributed by atoms with Crippen LogP contribution in [-0.4, -0.2) is 22.9 Å². The zero-order chi connectivity index (χ0) is 17.5. The molecule has 1 aromatic carbocycles. The van der Waals surface area contributed by atoms with E-state index in [1.165, 1.54) is 25.0 Å². The van der Waals surface area contributed by atoms with Gasteiger partial charge in [-0.05, 0) is 23.8 Å². The summed E-state index contributed by atoms with van der Waals surface area (Å²) in [5.74, 6) is -1.47. The summed E-state index contributed by atoms with van der Waals surface area (Å²) in [6, 6.07) is 9.68. The predicted molar refractivity (Wildman–Crippen MR) is 78.1 cm³/mol. The van der Waals surface area contributed by atoms with Crippen LogP contribution < -0.4 is 4.40 Å². The van der Waals surface area contributed by atoms with Crippen molar-refractivity contribution in [2.24, 2.45) is 7.05 Å². The van der Waals surface area contributed by atoms with Crippen LogP contribution in [0.2, 0.25) is 0 Å². The lowest BCUT2D eigenvalue weighted by Crippen LogP contribution is -2.30. The summed E-state index contributed by atoms with van der Waals surface area (Å²) in [5.41, 5.74) is 1.93. The molecule has 2 aromatic heterocycles. The van der Waals surface area contributed by atoms with Crippen molar-refractivity contribution in [1.29, 1.82) is 0 Å². The average Bonchev–Trinajstić information content (AvgIpc) is 2.91. The van der Waals surface area contributed by atoms with Gasteiger partial charge in [0.25, 0.3) is 5.65 Å². The van der Waals surface area contributed by atoms with E-state index in [1.54, 1.807) is 36.4 Å². The summed E-state index contributed by atoms with van der Waals surface area (Å²) in [4.78, 5) is 11.4. The first-order valence-electron chi connectivity index (χ1n) is 6.95. The molecule has 3 aromatic rings. The Morgan fingerprint density at radius 3 is 2.33 bits per heavy atom. The van der Waals surface area contributed by atoms with Crippen molar-refractivity contribution in [3.8, 4) is 11.1 Å². The molecule has 0 fully saturated rings. The smallest absolute Gasteiger partial charge is 0.465 e. The summed E-state index contributed by atoms with van der Waals surface area (Å²) in [6.07, 6.45) is -3.18. The zero-order valence-corrected chi connectivity index (χ0v) is 12.8. The van der Waals surface area contributed by atoms with Crippen LogP contribution in [0.1, 0.15) is 16.2 Å². The van der Waals surface area contributed by atoms with E-state index in [9.17, 15) is 18.0 Å². The number of benzene rings is 1. The van der Waals surface area contributed by atoms with E-state index in [4.69, 9.17) is 0 Å². The van der Waals surface area contributed by atoms with Crippen molar-refractivity contribution in [1.82, 2.24) is 9.78 Å². The van der Waals surface area contributed by atoms with Crippen molar-refractivity contribution in [3.63, 3.8) is 0 Å². The number of nitrogens with zero attached hydrogens (tertiary/aromatic N) is 3. The number of hydrogen-bond donors (Lipinski definition) is 0. The highest BCUT2D eigenvalue weighted by Gasteiger charge is 2.44. The topological polar surface area (TPSA) is 48.2 Å². The molecule has 0 amide bonds. The van der Waals surface area contributed by atoms with Gasteiger partial charge in [-0.2, -0.15) is 17.6 Å². The first-order valence-corrected chi connectivity index (χ1v) is 6.95. The van der Waals surface area contributed by atoms with Gasteiger partial charge in [0.15, 0.2) is 0 Å². The maximum Gasteiger partial charge on any atom is 0.486 e. The molecule has 0 saturated carbocycles. The van der Waals surface area contributed by atoms with E-state index >= 15 is 0 Å². The number of pyridine rings is 1. The molecule has 0 aliphatic heterocycles. The fraction of sp³-hybridized carbons (Fsp3) is 0.188. The maximum atomic E-state index is 13.1. The van der Waals surface area contributed by atoms with Crippen LogP contribution in [0.5, 0.6) is 0 Å². The Morgan fingerprint density at radius 1 is 1.12 bits per heavy atom. The Balaban J connectivity index is 2.09. The van der Waals surface area contributed by atoms with Crippen LogP contribution in [0.3, 0.4) is 0 Å². The third-order valence-corrected chi connectivity index (χ3v) is 3.62. The predicted octanol–water partition coefficient (Wildman–Crippen LogP) is 2.63. The molecule has 0 N–H and O–H groups in total. The molecule has 0 aliphatic rings. The summed E-state index contributed by atoms with van der Waals surface area (Å²) >= 11 is 0. The van der Waals surface area contributed by atoms with Crippen LogP contribution in [-0.2, 0) is 18.0 Å². The molecule has 0 saturated heterocycles. The Kier molecular flexibility index (Phi) is 3.75. The number of carbonyl (C=O) groups is 1. The highest BCUT2D eigenvalue weighted by Crippen LogP contribution is 2.26. The fourth-order valence-corrected chi connectivity index (χ4v) is 2.45. The SMILES string of the molecule is COC(=O)c1ccc(-c2ccc3n(C)nc(C(F)(F)F)[n+]3c2)cc1. The van der Waals surface area contributed by atoms with Gasteiger partial charge < -0.3 is 4.74 Å². The lowest BCUT2D eigenvalue weighted by atomic mass is 10.1. The lowest BCUT2D eigenvalue weighted by Gasteiger charge is -2.04. The van der Waals surface area contributed by atoms with Gasteiger partial charge in [-0.15, -0.1) is 4.68 Å². The molecule has 5 nitrogen and oxygen atoms in total. The van der Waals surface area contributed by atoms with Crippen molar-refractivity contribution in [2.45, 2.75) is 6.18 Å². The van der Waals surface area contributed by atoms with Crippen molar-refractivity contribution in [2.75, 3.05) is 7.11 Å². The number of ether oxygens (including phenoxy) is 1. The quantitative estimate of drug-likeness (QED) is 0.534. The van der Waals surface area contributed by atoms with Gasteiger partial charge in [0.2, 0.25) is 0 Å². The first-order chi connectivity index (χ1) is 11.3. The molecule has 3 rings (SSSR count). The van der Waals surface area contributed by atoms with Crippen molar-refractivity contribution in [3.05, 3.63) is 54.0 Å². The monoisotopic (exact) mass is 336 g/mol. The molecular weight excluding hydrogens is 323 g/mol. The summed E-state index contributed by atoms with van der Waals surface area (Å²) in [5, 5.41) is 3.54. The highest BCUT2D eigenvalue weighted by molar-refractivity contribution is 5.89. The number of aromatic nitrogens is 3. The fourth-order valence-electron chi connectivity index (χ4n) is 2.45. The second-order valence-electron chi connectivity index (χ2n) is 5.16. The van der Waals surface area contributed by atoms with Gasteiger partial charge in [0.1, 0.15) is 0 Å². The minimum absolute atomic E-state index is 0.317. The molecule has 0 bridgehead atoms. The van der Waals surface area contributed by atoms with Crippen molar-refractivity contribution < 1.29 is 27.1 Å². The van der Waals surface area contributed by atoms with E-state index in [1.807, 2.05) is 0 Å².